The van der Waals surface area contributed by atoms with Crippen LogP contribution in [0.15, 0.2) is 109 Å². The first-order valence-electron chi connectivity index (χ1n) is 12.3. The van der Waals surface area contributed by atoms with Crippen LogP contribution in [0.4, 0.5) is 11.4 Å². The lowest BCUT2D eigenvalue weighted by Gasteiger charge is -2.21. The van der Waals surface area contributed by atoms with Gasteiger partial charge in [0.1, 0.15) is 17.5 Å². The van der Waals surface area contributed by atoms with E-state index in [-0.39, 0.29) is 18.4 Å². The minimum atomic E-state index is -0.915. The summed E-state index contributed by atoms with van der Waals surface area (Å²) in [6.45, 7) is 0.325. The van der Waals surface area contributed by atoms with Crippen LogP contribution in [-0.2, 0) is 16.1 Å². The van der Waals surface area contributed by atoms with Gasteiger partial charge in [0.05, 0.1) is 18.8 Å². The summed E-state index contributed by atoms with van der Waals surface area (Å²) in [4.78, 5) is 28.3. The smallest absolute Gasteiger partial charge is 0.254 e. The van der Waals surface area contributed by atoms with E-state index in [2.05, 4.69) is 10.6 Å². The van der Waals surface area contributed by atoms with Gasteiger partial charge in [-0.3, -0.25) is 9.59 Å². The molecule has 2 amide bonds. The van der Waals surface area contributed by atoms with Crippen molar-refractivity contribution in [3.8, 4) is 11.5 Å². The third-order valence-electron chi connectivity index (χ3n) is 5.75. The number of carbonyl (C=O) groups is 2. The van der Waals surface area contributed by atoms with E-state index in [9.17, 15) is 9.59 Å². The van der Waals surface area contributed by atoms with Gasteiger partial charge in [0.2, 0.25) is 5.91 Å². The zero-order chi connectivity index (χ0) is 26.7. The van der Waals surface area contributed by atoms with E-state index < -0.39 is 6.04 Å². The highest BCUT2D eigenvalue weighted by atomic mass is 16.5. The zero-order valence-corrected chi connectivity index (χ0v) is 21.5. The van der Waals surface area contributed by atoms with Crippen LogP contribution in [0.25, 0.3) is 0 Å². The molecule has 0 spiro atoms. The lowest BCUT2D eigenvalue weighted by Crippen LogP contribution is -2.47. The molecule has 0 saturated carbocycles. The molecule has 0 aliphatic carbocycles. The number of nitrogens with one attached hydrogen (secondary N) is 2. The summed E-state index contributed by atoms with van der Waals surface area (Å²) in [5, 5.41) is 5.73. The SMILES string of the molecule is CN(C)c1ccccc1C(=O)NC(COCc1ccccc1)C(=O)Nc1ccc(Oc2ccccc2)cc1. The fourth-order valence-corrected chi connectivity index (χ4v) is 3.80. The summed E-state index contributed by atoms with van der Waals surface area (Å²) in [7, 11) is 3.73. The van der Waals surface area contributed by atoms with E-state index in [1.807, 2.05) is 91.8 Å². The third-order valence-corrected chi connectivity index (χ3v) is 5.75. The van der Waals surface area contributed by atoms with E-state index in [1.165, 1.54) is 0 Å². The number of carbonyl (C=O) groups excluding carboxylic acids is 2. The van der Waals surface area contributed by atoms with Gasteiger partial charge in [-0.05, 0) is 54.1 Å². The number of anilines is 2. The molecule has 0 bridgehead atoms. The maximum Gasteiger partial charge on any atom is 0.254 e. The number of nitrogens with zero attached hydrogens (tertiary/aromatic N) is 1. The van der Waals surface area contributed by atoms with Gasteiger partial charge >= 0.3 is 0 Å². The second-order valence-electron chi connectivity index (χ2n) is 8.87. The normalized spacial score (nSPS) is 11.3. The van der Waals surface area contributed by atoms with Crippen LogP contribution in [0.2, 0.25) is 0 Å². The van der Waals surface area contributed by atoms with Crippen LogP contribution in [0, 0.1) is 0 Å². The van der Waals surface area contributed by atoms with Crippen molar-refractivity contribution in [3.05, 3.63) is 120 Å². The predicted molar refractivity (Wildman–Crippen MR) is 150 cm³/mol. The highest BCUT2D eigenvalue weighted by Gasteiger charge is 2.23. The van der Waals surface area contributed by atoms with E-state index in [1.54, 1.807) is 36.4 Å². The van der Waals surface area contributed by atoms with E-state index >= 15 is 0 Å². The molecule has 7 nitrogen and oxygen atoms in total. The molecule has 1 atom stereocenters. The number of hydrogen-bond acceptors (Lipinski definition) is 5. The molecule has 1 unspecified atom stereocenters. The van der Waals surface area contributed by atoms with Gasteiger partial charge in [0, 0.05) is 25.5 Å². The molecule has 4 aromatic carbocycles. The van der Waals surface area contributed by atoms with Crippen molar-refractivity contribution in [2.45, 2.75) is 12.6 Å². The molecule has 4 rings (SSSR count). The van der Waals surface area contributed by atoms with Crippen molar-refractivity contribution in [3.63, 3.8) is 0 Å². The van der Waals surface area contributed by atoms with Gasteiger partial charge in [-0.2, -0.15) is 0 Å². The molecular weight excluding hydrogens is 478 g/mol. The number of amides is 2. The molecule has 7 heteroatoms. The molecule has 0 aromatic heterocycles. The van der Waals surface area contributed by atoms with Crippen molar-refractivity contribution in [1.82, 2.24) is 5.32 Å². The van der Waals surface area contributed by atoms with E-state index in [4.69, 9.17) is 9.47 Å². The Balaban J connectivity index is 1.44. The Morgan fingerprint density at radius 2 is 1.37 bits per heavy atom. The summed E-state index contributed by atoms with van der Waals surface area (Å²) in [6, 6.07) is 32.5. The molecule has 0 fully saturated rings. The van der Waals surface area contributed by atoms with Crippen LogP contribution in [-0.4, -0.2) is 38.6 Å². The monoisotopic (exact) mass is 509 g/mol. The molecule has 4 aromatic rings. The first kappa shape index (κ1) is 26.4. The van der Waals surface area contributed by atoms with Crippen molar-refractivity contribution >= 4 is 23.2 Å². The number of rotatable bonds is 11. The standard InChI is InChI=1S/C31H31N3O4/c1-34(2)29-16-10-9-15-27(29)30(35)33-28(22-37-21-23-11-5-3-6-12-23)31(36)32-24-17-19-26(20-18-24)38-25-13-7-4-8-14-25/h3-20,28H,21-22H2,1-2H3,(H,32,36)(H,33,35). The van der Waals surface area contributed by atoms with Crippen molar-refractivity contribution in [2.75, 3.05) is 30.9 Å². The van der Waals surface area contributed by atoms with Gasteiger partial charge < -0.3 is 25.0 Å². The maximum atomic E-state index is 13.3. The van der Waals surface area contributed by atoms with E-state index in [0.717, 1.165) is 17.0 Å². The Bertz CT molecular complexity index is 1330. The predicted octanol–water partition coefficient (Wildman–Crippen LogP) is 5.50. The van der Waals surface area contributed by atoms with Crippen LogP contribution in [0.1, 0.15) is 15.9 Å². The van der Waals surface area contributed by atoms with Gasteiger partial charge in [0.15, 0.2) is 0 Å². The molecule has 0 heterocycles. The average Bonchev–Trinajstić information content (AvgIpc) is 2.94. The zero-order valence-electron chi connectivity index (χ0n) is 21.5. The van der Waals surface area contributed by atoms with Crippen LogP contribution in [0.5, 0.6) is 11.5 Å². The van der Waals surface area contributed by atoms with Gasteiger partial charge in [-0.1, -0.05) is 60.7 Å². The Kier molecular flexibility index (Phi) is 9.10. The highest BCUT2D eigenvalue weighted by Crippen LogP contribution is 2.23. The van der Waals surface area contributed by atoms with Crippen molar-refractivity contribution in [1.29, 1.82) is 0 Å². The second-order valence-corrected chi connectivity index (χ2v) is 8.87. The molecule has 0 saturated heterocycles. The van der Waals surface area contributed by atoms with Gasteiger partial charge in [-0.15, -0.1) is 0 Å². The number of ether oxygens (including phenoxy) is 2. The topological polar surface area (TPSA) is 79.9 Å². The molecule has 0 aliphatic heterocycles. The molecule has 2 N–H and O–H groups in total. The summed E-state index contributed by atoms with van der Waals surface area (Å²) < 4.78 is 11.7. The first-order valence-corrected chi connectivity index (χ1v) is 12.3. The highest BCUT2D eigenvalue weighted by molar-refractivity contribution is 6.04. The minimum Gasteiger partial charge on any atom is -0.457 e. The average molecular weight is 510 g/mol. The quantitative estimate of drug-likeness (QED) is 0.279. The first-order chi connectivity index (χ1) is 18.5. The largest absolute Gasteiger partial charge is 0.457 e. The van der Waals surface area contributed by atoms with Gasteiger partial charge in [-0.25, -0.2) is 0 Å². The van der Waals surface area contributed by atoms with Crippen LogP contribution in [0.3, 0.4) is 0 Å². The van der Waals surface area contributed by atoms with Gasteiger partial charge in [0.25, 0.3) is 5.91 Å². The number of hydrogen-bond donors (Lipinski definition) is 2. The Hall–Kier alpha value is -4.62. The number of para-hydroxylation sites is 2. The second kappa shape index (κ2) is 13.1. The number of benzene rings is 4. The molecule has 194 valence electrons. The Morgan fingerprint density at radius 3 is 2.05 bits per heavy atom. The maximum absolute atomic E-state index is 13.3. The summed E-state index contributed by atoms with van der Waals surface area (Å²) in [6.07, 6.45) is 0. The third kappa shape index (κ3) is 7.44. The summed E-state index contributed by atoms with van der Waals surface area (Å²) >= 11 is 0. The van der Waals surface area contributed by atoms with Crippen LogP contribution >= 0.6 is 0 Å². The molecule has 0 aliphatic rings. The lowest BCUT2D eigenvalue weighted by molar-refractivity contribution is -0.119. The summed E-state index contributed by atoms with van der Waals surface area (Å²) in [5.74, 6) is 0.626. The fraction of sp³-hybridized carbons (Fsp3) is 0.161. The Labute approximate surface area is 223 Å². The van der Waals surface area contributed by atoms with Crippen molar-refractivity contribution in [2.24, 2.45) is 0 Å². The molecule has 38 heavy (non-hydrogen) atoms. The minimum absolute atomic E-state index is 0.00575. The van der Waals surface area contributed by atoms with Crippen molar-refractivity contribution < 1.29 is 19.1 Å². The lowest BCUT2D eigenvalue weighted by atomic mass is 10.1. The van der Waals surface area contributed by atoms with E-state index in [0.29, 0.717) is 23.6 Å². The molecular formula is C31H31N3O4. The summed E-state index contributed by atoms with van der Waals surface area (Å²) in [5.41, 5.74) is 2.78. The fourth-order valence-electron chi connectivity index (χ4n) is 3.80. The molecule has 0 radical (unpaired) electrons. The Morgan fingerprint density at radius 1 is 0.763 bits per heavy atom. The van der Waals surface area contributed by atoms with Crippen LogP contribution < -0.4 is 20.3 Å².